The predicted octanol–water partition coefficient (Wildman–Crippen LogP) is 10.2. The molecule has 4 N–H and O–H groups in total. The third-order valence-electron chi connectivity index (χ3n) is 12.0. The van der Waals surface area contributed by atoms with E-state index in [4.69, 9.17) is 20.8 Å². The quantitative estimate of drug-likeness (QED) is 0.105. The minimum absolute atomic E-state index is 0. The summed E-state index contributed by atoms with van der Waals surface area (Å²) >= 11 is 3.57. The average molecular weight is 1000 g/mol. The molecule has 6 nitrogen and oxygen atoms in total. The van der Waals surface area contributed by atoms with E-state index in [0.717, 1.165) is 21.3 Å². The lowest BCUT2D eigenvalue weighted by atomic mass is 9.79. The van der Waals surface area contributed by atoms with Crippen molar-refractivity contribution in [3.8, 4) is 22.5 Å². The van der Waals surface area contributed by atoms with Gasteiger partial charge in [-0.1, -0.05) is 119 Å². The van der Waals surface area contributed by atoms with E-state index in [1.807, 2.05) is 70.2 Å². The monoisotopic (exact) mass is 1000 g/mol. The van der Waals surface area contributed by atoms with E-state index < -0.39 is 0 Å². The van der Waals surface area contributed by atoms with Gasteiger partial charge in [-0.25, -0.2) is 0 Å². The highest BCUT2D eigenvalue weighted by atomic mass is 127. The number of anilines is 2. The highest BCUT2D eigenvalue weighted by molar-refractivity contribution is 9.10. The van der Waals surface area contributed by atoms with Gasteiger partial charge in [0.1, 0.15) is 0 Å². The Bertz CT molecular complexity index is 3150. The SMILES string of the molecule is Brc1ccc2c(c1)c1ccccc1n2-c1ccccc1.CC1(C)OB(c2ccc(N)cc2)OC1(C)C.Nc1ccc(-c2ccc3c(c2)c2ccccc2n3-c2ccccc2)cc1.[I-]. The molecule has 1 saturated heterocycles. The average Bonchev–Trinajstić information content (AvgIpc) is 3.87. The van der Waals surface area contributed by atoms with Gasteiger partial charge in [0.25, 0.3) is 0 Å². The van der Waals surface area contributed by atoms with Crippen LogP contribution in [-0.4, -0.2) is 27.5 Å². The van der Waals surface area contributed by atoms with Crippen molar-refractivity contribution >= 4 is 83.5 Å². The molecule has 0 saturated carbocycles. The summed E-state index contributed by atoms with van der Waals surface area (Å²) < 4.78 is 17.6. The van der Waals surface area contributed by atoms with Gasteiger partial charge in [0, 0.05) is 48.8 Å². The zero-order valence-corrected chi connectivity index (χ0v) is 39.4. The molecule has 0 aliphatic carbocycles. The van der Waals surface area contributed by atoms with Crippen LogP contribution in [-0.2, 0) is 9.31 Å². The molecule has 63 heavy (non-hydrogen) atoms. The van der Waals surface area contributed by atoms with Crippen LogP contribution < -0.4 is 40.9 Å². The fraction of sp³-hybridized carbons (Fsp3) is 0.111. The molecule has 0 unspecified atom stereocenters. The van der Waals surface area contributed by atoms with Gasteiger partial charge in [-0.15, -0.1) is 0 Å². The number of hydrogen-bond donors (Lipinski definition) is 2. The van der Waals surface area contributed by atoms with Crippen LogP contribution in [0.1, 0.15) is 27.7 Å². The van der Waals surface area contributed by atoms with E-state index in [1.165, 1.54) is 66.1 Å². The van der Waals surface area contributed by atoms with Crippen LogP contribution in [0.25, 0.3) is 66.1 Å². The molecule has 11 rings (SSSR count). The topological polar surface area (TPSA) is 80.4 Å². The first kappa shape index (κ1) is 43.8. The number of fused-ring (bicyclic) bond motifs is 6. The van der Waals surface area contributed by atoms with Gasteiger partial charge in [-0.2, -0.15) is 0 Å². The minimum atomic E-state index is -0.300. The summed E-state index contributed by atoms with van der Waals surface area (Å²) in [5.41, 5.74) is 23.1. The first-order valence-electron chi connectivity index (χ1n) is 20.9. The van der Waals surface area contributed by atoms with E-state index >= 15 is 0 Å². The van der Waals surface area contributed by atoms with Crippen molar-refractivity contribution in [2.24, 2.45) is 0 Å². The number of aromatic nitrogens is 2. The van der Waals surface area contributed by atoms with E-state index in [1.54, 1.807) is 0 Å². The number of rotatable bonds is 4. The largest absolute Gasteiger partial charge is 1.00 e. The zero-order valence-electron chi connectivity index (χ0n) is 35.7. The first-order valence-corrected chi connectivity index (χ1v) is 21.7. The summed E-state index contributed by atoms with van der Waals surface area (Å²) in [5.74, 6) is 0. The Balaban J connectivity index is 0.000000133. The van der Waals surface area contributed by atoms with Gasteiger partial charge in [-0.3, -0.25) is 0 Å². The second-order valence-electron chi connectivity index (χ2n) is 16.6. The lowest BCUT2D eigenvalue weighted by molar-refractivity contribution is -0.0000149. The Morgan fingerprint density at radius 3 is 1.33 bits per heavy atom. The normalized spacial score (nSPS) is 13.9. The van der Waals surface area contributed by atoms with Gasteiger partial charge < -0.3 is 53.9 Å². The molecule has 9 heteroatoms. The number of para-hydroxylation sites is 4. The van der Waals surface area contributed by atoms with Gasteiger partial charge in [0.2, 0.25) is 0 Å². The third-order valence-corrected chi connectivity index (χ3v) is 12.5. The summed E-state index contributed by atoms with van der Waals surface area (Å²) in [6, 6.07) is 67.0. The minimum Gasteiger partial charge on any atom is -1.00 e. The Morgan fingerprint density at radius 2 is 0.825 bits per heavy atom. The summed E-state index contributed by atoms with van der Waals surface area (Å²) in [5, 5.41) is 5.09. The van der Waals surface area contributed by atoms with Crippen LogP contribution in [0.4, 0.5) is 11.4 Å². The first-order chi connectivity index (χ1) is 30.0. The lowest BCUT2D eigenvalue weighted by Crippen LogP contribution is -3.00. The highest BCUT2D eigenvalue weighted by Crippen LogP contribution is 2.38. The fourth-order valence-corrected chi connectivity index (χ4v) is 8.48. The van der Waals surface area contributed by atoms with Crippen molar-refractivity contribution in [2.45, 2.75) is 38.9 Å². The molecule has 3 heterocycles. The molecule has 0 spiro atoms. The molecule has 1 aliphatic heterocycles. The second kappa shape index (κ2) is 18.1. The van der Waals surface area contributed by atoms with Crippen molar-refractivity contribution in [3.05, 3.63) is 199 Å². The number of hydrogen-bond acceptors (Lipinski definition) is 4. The van der Waals surface area contributed by atoms with E-state index in [2.05, 4.69) is 177 Å². The van der Waals surface area contributed by atoms with E-state index in [-0.39, 0.29) is 42.3 Å². The standard InChI is InChI=1S/C24H18N2.C18H12BrN.C12H18BNO2.HI/c25-19-13-10-17(11-14-19)18-12-15-24-22(16-18)21-8-4-5-9-23(21)26(24)20-6-2-1-3-7-20;19-13-10-11-18-16(12-13)15-8-4-5-9-17(15)20(18)14-6-2-1-3-7-14;1-11(2)12(3,4)16-13(15-11)9-5-7-10(14)8-6-9;/h1-16H,25H2;1-12H;5-8H,14H2,1-4H3;1H/p-1. The van der Waals surface area contributed by atoms with Crippen molar-refractivity contribution < 1.29 is 33.3 Å². The third kappa shape index (κ3) is 8.75. The molecule has 1 aliphatic rings. The lowest BCUT2D eigenvalue weighted by Gasteiger charge is -2.32. The molecule has 2 aromatic heterocycles. The zero-order chi connectivity index (χ0) is 43.0. The molecule has 0 bridgehead atoms. The number of nitrogen functional groups attached to an aromatic ring is 2. The molecule has 8 aromatic carbocycles. The Kier molecular flexibility index (Phi) is 12.6. The van der Waals surface area contributed by atoms with Gasteiger partial charge in [0.05, 0.1) is 33.3 Å². The number of halogens is 2. The van der Waals surface area contributed by atoms with Crippen LogP contribution in [0.5, 0.6) is 0 Å². The highest BCUT2D eigenvalue weighted by Gasteiger charge is 2.51. The molecule has 314 valence electrons. The summed E-state index contributed by atoms with van der Waals surface area (Å²) in [7, 11) is -0.300. The van der Waals surface area contributed by atoms with Crippen molar-refractivity contribution in [1.82, 2.24) is 9.13 Å². The molecule has 1 fully saturated rings. The smallest absolute Gasteiger partial charge is 0.494 e. The Morgan fingerprint density at radius 1 is 0.429 bits per heavy atom. The molecule has 0 atom stereocenters. The molecular weight excluding hydrogens is 954 g/mol. The van der Waals surface area contributed by atoms with Crippen molar-refractivity contribution in [2.75, 3.05) is 11.5 Å². The van der Waals surface area contributed by atoms with Crippen LogP contribution in [0.2, 0.25) is 0 Å². The Labute approximate surface area is 394 Å². The number of benzene rings is 8. The van der Waals surface area contributed by atoms with E-state index in [0.29, 0.717) is 0 Å². The van der Waals surface area contributed by atoms with Crippen LogP contribution in [0.3, 0.4) is 0 Å². The molecular formula is C54H48BBrIN4O2-. The predicted molar refractivity (Wildman–Crippen MR) is 266 cm³/mol. The van der Waals surface area contributed by atoms with Gasteiger partial charge in [-0.05, 0) is 135 Å². The molecule has 10 aromatic rings. The maximum atomic E-state index is 5.93. The van der Waals surface area contributed by atoms with Crippen molar-refractivity contribution in [3.63, 3.8) is 0 Å². The van der Waals surface area contributed by atoms with Gasteiger partial charge in [0.15, 0.2) is 0 Å². The summed E-state index contributed by atoms with van der Waals surface area (Å²) in [4.78, 5) is 0. The Hall–Kier alpha value is -5.85. The maximum absolute atomic E-state index is 5.93. The molecule has 0 amide bonds. The van der Waals surface area contributed by atoms with Crippen LogP contribution >= 0.6 is 15.9 Å². The number of nitrogens with zero attached hydrogens (tertiary/aromatic N) is 2. The number of nitrogens with two attached hydrogens (primary N) is 2. The van der Waals surface area contributed by atoms with Crippen molar-refractivity contribution in [1.29, 1.82) is 0 Å². The summed E-state index contributed by atoms with van der Waals surface area (Å²) in [6.45, 7) is 8.18. The van der Waals surface area contributed by atoms with Crippen LogP contribution in [0.15, 0.2) is 199 Å². The maximum Gasteiger partial charge on any atom is 0.494 e. The van der Waals surface area contributed by atoms with E-state index in [9.17, 15) is 0 Å². The van der Waals surface area contributed by atoms with Crippen LogP contribution in [0, 0.1) is 0 Å². The van der Waals surface area contributed by atoms with Gasteiger partial charge >= 0.3 is 7.12 Å². The summed E-state index contributed by atoms with van der Waals surface area (Å²) in [6.07, 6.45) is 0. The fourth-order valence-electron chi connectivity index (χ4n) is 8.12. The second-order valence-corrected chi connectivity index (χ2v) is 17.6. The molecule has 0 radical (unpaired) electrons.